The van der Waals surface area contributed by atoms with E-state index in [-0.39, 0.29) is 0 Å². The predicted molar refractivity (Wildman–Crippen MR) is 82.6 cm³/mol. The molecule has 112 valence electrons. The summed E-state index contributed by atoms with van der Waals surface area (Å²) in [6.07, 6.45) is 3.10. The summed E-state index contributed by atoms with van der Waals surface area (Å²) in [5.74, 6) is 2.67. The molecule has 0 spiro atoms. The van der Waals surface area contributed by atoms with Gasteiger partial charge in [-0.25, -0.2) is 9.97 Å². The number of nitrogens with one attached hydrogen (secondary N) is 1. The minimum Gasteiger partial charge on any atom is -0.493 e. The zero-order chi connectivity index (χ0) is 15.4. The number of methoxy groups -OCH3 is 2. The minimum absolute atomic E-state index is 0.646. The highest BCUT2D eigenvalue weighted by molar-refractivity contribution is 5.64. The van der Waals surface area contributed by atoms with Crippen molar-refractivity contribution >= 4 is 11.5 Å². The zero-order valence-corrected chi connectivity index (χ0v) is 12.2. The number of benzene rings is 1. The maximum atomic E-state index is 5.34. The van der Waals surface area contributed by atoms with E-state index < -0.39 is 0 Å². The normalized spacial score (nSPS) is 10.3. The average molecular weight is 297 g/mol. The molecular formula is C16H15N3O3. The largest absolute Gasteiger partial charge is 0.493 e. The lowest BCUT2D eigenvalue weighted by Gasteiger charge is -2.11. The molecule has 0 aliphatic carbocycles. The van der Waals surface area contributed by atoms with Crippen molar-refractivity contribution in [2.24, 2.45) is 0 Å². The van der Waals surface area contributed by atoms with E-state index in [1.807, 2.05) is 36.4 Å². The van der Waals surface area contributed by atoms with Crippen LogP contribution in [0.4, 0.5) is 11.5 Å². The molecule has 0 radical (unpaired) electrons. The Bertz CT molecular complexity index is 757. The van der Waals surface area contributed by atoms with E-state index in [1.54, 1.807) is 20.5 Å². The average Bonchev–Trinajstić information content (AvgIpc) is 3.09. The Hall–Kier alpha value is -3.02. The van der Waals surface area contributed by atoms with Crippen LogP contribution >= 0.6 is 0 Å². The van der Waals surface area contributed by atoms with Gasteiger partial charge in [0.15, 0.2) is 17.3 Å². The number of rotatable bonds is 5. The van der Waals surface area contributed by atoms with Crippen LogP contribution in [0.15, 0.2) is 53.4 Å². The summed E-state index contributed by atoms with van der Waals surface area (Å²) in [5.41, 5.74) is 1.55. The van der Waals surface area contributed by atoms with E-state index in [0.717, 1.165) is 5.69 Å². The van der Waals surface area contributed by atoms with E-state index in [4.69, 9.17) is 13.9 Å². The number of aromatic nitrogens is 2. The Labute approximate surface area is 127 Å². The molecule has 6 nitrogen and oxygen atoms in total. The predicted octanol–water partition coefficient (Wildman–Crippen LogP) is 3.50. The maximum absolute atomic E-state index is 5.34. The Morgan fingerprint density at radius 2 is 1.86 bits per heavy atom. The van der Waals surface area contributed by atoms with Crippen molar-refractivity contribution in [3.8, 4) is 23.0 Å². The van der Waals surface area contributed by atoms with Gasteiger partial charge < -0.3 is 19.2 Å². The molecule has 0 fully saturated rings. The lowest BCUT2D eigenvalue weighted by molar-refractivity contribution is 0.355. The van der Waals surface area contributed by atoms with Crippen LogP contribution in [0.3, 0.4) is 0 Å². The quantitative estimate of drug-likeness (QED) is 0.777. The van der Waals surface area contributed by atoms with Crippen molar-refractivity contribution in [3.63, 3.8) is 0 Å². The number of furan rings is 1. The van der Waals surface area contributed by atoms with Crippen LogP contribution in [-0.2, 0) is 0 Å². The lowest BCUT2D eigenvalue weighted by Crippen LogP contribution is -1.97. The standard InChI is InChI=1S/C16H15N3O3/c1-20-14-6-5-11(8-15(14)21-2)19-16-9-12(17-10-18-16)13-4-3-7-22-13/h3-10H,1-2H3,(H,17,18,19). The highest BCUT2D eigenvalue weighted by Gasteiger charge is 2.07. The molecule has 3 aromatic rings. The molecular weight excluding hydrogens is 282 g/mol. The third-order valence-corrected chi connectivity index (χ3v) is 3.10. The monoisotopic (exact) mass is 297 g/mol. The van der Waals surface area contributed by atoms with Crippen molar-refractivity contribution in [3.05, 3.63) is 49.0 Å². The van der Waals surface area contributed by atoms with Crippen LogP contribution in [-0.4, -0.2) is 24.2 Å². The second kappa shape index (κ2) is 6.17. The topological polar surface area (TPSA) is 69.4 Å². The molecule has 1 N–H and O–H groups in total. The van der Waals surface area contributed by atoms with Gasteiger partial charge in [0.25, 0.3) is 0 Å². The van der Waals surface area contributed by atoms with Gasteiger partial charge in [-0.3, -0.25) is 0 Å². The summed E-state index contributed by atoms with van der Waals surface area (Å²) in [5, 5.41) is 3.20. The van der Waals surface area contributed by atoms with Crippen molar-refractivity contribution in [1.29, 1.82) is 0 Å². The van der Waals surface area contributed by atoms with Crippen LogP contribution in [0, 0.1) is 0 Å². The van der Waals surface area contributed by atoms with E-state index in [1.165, 1.54) is 6.33 Å². The molecule has 0 atom stereocenters. The fourth-order valence-electron chi connectivity index (χ4n) is 2.05. The van der Waals surface area contributed by atoms with Crippen LogP contribution in [0.25, 0.3) is 11.5 Å². The molecule has 22 heavy (non-hydrogen) atoms. The first kappa shape index (κ1) is 13.9. The van der Waals surface area contributed by atoms with Crippen LogP contribution in [0.1, 0.15) is 0 Å². The first-order valence-electron chi connectivity index (χ1n) is 6.65. The van der Waals surface area contributed by atoms with E-state index in [2.05, 4.69) is 15.3 Å². The van der Waals surface area contributed by atoms with Crippen molar-refractivity contribution < 1.29 is 13.9 Å². The number of anilines is 2. The molecule has 0 bridgehead atoms. The Kier molecular flexibility index (Phi) is 3.91. The van der Waals surface area contributed by atoms with Crippen LogP contribution in [0.2, 0.25) is 0 Å². The molecule has 0 amide bonds. The van der Waals surface area contributed by atoms with E-state index in [0.29, 0.717) is 28.8 Å². The lowest BCUT2D eigenvalue weighted by atomic mass is 10.2. The molecule has 6 heteroatoms. The van der Waals surface area contributed by atoms with Gasteiger partial charge in [-0.15, -0.1) is 0 Å². The molecule has 0 unspecified atom stereocenters. The molecule has 3 rings (SSSR count). The Balaban J connectivity index is 1.86. The Morgan fingerprint density at radius 1 is 1.00 bits per heavy atom. The SMILES string of the molecule is COc1ccc(Nc2cc(-c3ccco3)ncn2)cc1OC. The fourth-order valence-corrected chi connectivity index (χ4v) is 2.05. The number of hydrogen-bond donors (Lipinski definition) is 1. The van der Waals surface area contributed by atoms with Crippen molar-refractivity contribution in [2.45, 2.75) is 0 Å². The summed E-state index contributed by atoms with van der Waals surface area (Å²) < 4.78 is 15.8. The summed E-state index contributed by atoms with van der Waals surface area (Å²) >= 11 is 0. The molecule has 2 aromatic heterocycles. The summed E-state index contributed by atoms with van der Waals surface area (Å²) in [6.45, 7) is 0. The third kappa shape index (κ3) is 2.85. The first-order chi connectivity index (χ1) is 10.8. The van der Waals surface area contributed by atoms with Gasteiger partial charge in [-0.2, -0.15) is 0 Å². The molecule has 0 aliphatic heterocycles. The highest BCUT2D eigenvalue weighted by Crippen LogP contribution is 2.31. The molecule has 2 heterocycles. The van der Waals surface area contributed by atoms with Crippen molar-refractivity contribution in [2.75, 3.05) is 19.5 Å². The minimum atomic E-state index is 0.646. The number of hydrogen-bond acceptors (Lipinski definition) is 6. The Morgan fingerprint density at radius 3 is 2.59 bits per heavy atom. The smallest absolute Gasteiger partial charge is 0.162 e. The molecule has 0 aliphatic rings. The van der Waals surface area contributed by atoms with E-state index in [9.17, 15) is 0 Å². The van der Waals surface area contributed by atoms with Gasteiger partial charge in [0.2, 0.25) is 0 Å². The summed E-state index contributed by atoms with van der Waals surface area (Å²) in [4.78, 5) is 8.40. The number of ether oxygens (including phenoxy) is 2. The van der Waals surface area contributed by atoms with Gasteiger partial charge in [-0.05, 0) is 24.3 Å². The van der Waals surface area contributed by atoms with E-state index >= 15 is 0 Å². The van der Waals surface area contributed by atoms with Crippen LogP contribution < -0.4 is 14.8 Å². The fraction of sp³-hybridized carbons (Fsp3) is 0.125. The zero-order valence-electron chi connectivity index (χ0n) is 12.2. The molecule has 1 aromatic carbocycles. The maximum Gasteiger partial charge on any atom is 0.162 e. The van der Waals surface area contributed by atoms with Gasteiger partial charge in [-0.1, -0.05) is 0 Å². The third-order valence-electron chi connectivity index (χ3n) is 3.10. The van der Waals surface area contributed by atoms with Gasteiger partial charge in [0.1, 0.15) is 17.8 Å². The highest BCUT2D eigenvalue weighted by atomic mass is 16.5. The summed E-state index contributed by atoms with van der Waals surface area (Å²) in [6, 6.07) is 11.0. The second-order valence-corrected chi connectivity index (χ2v) is 4.46. The van der Waals surface area contributed by atoms with Crippen LogP contribution in [0.5, 0.6) is 11.5 Å². The summed E-state index contributed by atoms with van der Waals surface area (Å²) in [7, 11) is 3.20. The first-order valence-corrected chi connectivity index (χ1v) is 6.65. The molecule has 0 saturated carbocycles. The van der Waals surface area contributed by atoms with Gasteiger partial charge >= 0.3 is 0 Å². The van der Waals surface area contributed by atoms with Gasteiger partial charge in [0, 0.05) is 17.8 Å². The second-order valence-electron chi connectivity index (χ2n) is 4.46. The molecule has 0 saturated heterocycles. The van der Waals surface area contributed by atoms with Gasteiger partial charge in [0.05, 0.1) is 20.5 Å². The van der Waals surface area contributed by atoms with Crippen molar-refractivity contribution in [1.82, 2.24) is 9.97 Å². The number of nitrogens with zero attached hydrogens (tertiary/aromatic N) is 2.